The van der Waals surface area contributed by atoms with Crippen LogP contribution in [0.1, 0.15) is 66.1 Å². The number of halogens is 1. The Morgan fingerprint density at radius 1 is 0.971 bits per heavy atom. The molecule has 1 unspecified atom stereocenters. The first-order valence-corrected chi connectivity index (χ1v) is 14.0. The minimum atomic E-state index is -0.372. The van der Waals surface area contributed by atoms with E-state index in [-0.39, 0.29) is 25.3 Å². The molecular formula is C26H27IN4O2S. The summed E-state index contributed by atoms with van der Waals surface area (Å²) < 4.78 is 1.99. The number of nitrogens with zero attached hydrogens (tertiary/aromatic N) is 4. The molecule has 2 aromatic carbocycles. The fraction of sp³-hybridized carbons (Fsp3) is 0.231. The third kappa shape index (κ3) is 4.24. The molecule has 3 heterocycles. The van der Waals surface area contributed by atoms with Gasteiger partial charge in [0.15, 0.2) is 5.65 Å². The Morgan fingerprint density at radius 2 is 1.62 bits per heavy atom. The predicted molar refractivity (Wildman–Crippen MR) is 148 cm³/mol. The zero-order valence-electron chi connectivity index (χ0n) is 18.7. The van der Waals surface area contributed by atoms with Crippen LogP contribution < -0.4 is 0 Å². The van der Waals surface area contributed by atoms with E-state index in [4.69, 9.17) is 0 Å². The summed E-state index contributed by atoms with van der Waals surface area (Å²) in [6, 6.07) is 14.7. The average Bonchev–Trinajstić information content (AvgIpc) is 3.38. The van der Waals surface area contributed by atoms with E-state index in [9.17, 15) is 9.59 Å². The number of fused-ring (bicyclic) bond motifs is 2. The Kier molecular flexibility index (Phi) is 8.14. The molecular weight excluding hydrogens is 559 g/mol. The molecule has 5 rings (SSSR count). The average molecular weight is 586 g/mol. The van der Waals surface area contributed by atoms with Gasteiger partial charge in [-0.2, -0.15) is 0 Å². The van der Waals surface area contributed by atoms with Gasteiger partial charge in [-0.05, 0) is 49.2 Å². The van der Waals surface area contributed by atoms with Gasteiger partial charge in [0.25, 0.3) is 11.8 Å². The molecule has 34 heavy (non-hydrogen) atoms. The van der Waals surface area contributed by atoms with Crippen LogP contribution in [-0.4, -0.2) is 30.7 Å². The van der Waals surface area contributed by atoms with Crippen LogP contribution in [-0.2, 0) is 0 Å². The lowest BCUT2D eigenvalue weighted by atomic mass is 9.97. The van der Waals surface area contributed by atoms with Crippen molar-refractivity contribution in [2.75, 3.05) is 0 Å². The van der Waals surface area contributed by atoms with Crippen LogP contribution in [0.3, 0.4) is 0 Å². The number of amides is 2. The number of aromatic nitrogens is 3. The van der Waals surface area contributed by atoms with Crippen molar-refractivity contribution in [2.24, 2.45) is 0 Å². The predicted octanol–water partition coefficient (Wildman–Crippen LogP) is 7.27. The number of hydrogen-bond donors (Lipinski definition) is 0. The number of rotatable bonds is 4. The lowest BCUT2D eigenvalue weighted by Gasteiger charge is -2.24. The lowest BCUT2D eigenvalue weighted by molar-refractivity contribution is 0.0595. The van der Waals surface area contributed by atoms with Crippen LogP contribution in [0, 0.1) is 6.92 Å². The van der Waals surface area contributed by atoms with Crippen molar-refractivity contribution in [3.8, 4) is 11.3 Å². The third-order valence-electron chi connectivity index (χ3n) is 5.73. The van der Waals surface area contributed by atoms with Gasteiger partial charge >= 0.3 is 0 Å². The normalized spacial score (nSPS) is 13.3. The van der Waals surface area contributed by atoms with Gasteiger partial charge in [-0.15, -0.1) is 0 Å². The molecule has 0 spiro atoms. The van der Waals surface area contributed by atoms with Crippen LogP contribution in [0.5, 0.6) is 0 Å². The van der Waals surface area contributed by atoms with E-state index in [2.05, 4.69) is 37.2 Å². The molecule has 6 nitrogen and oxygen atoms in total. The van der Waals surface area contributed by atoms with Crippen molar-refractivity contribution in [3.63, 3.8) is 0 Å². The van der Waals surface area contributed by atoms with Crippen molar-refractivity contribution in [2.45, 2.75) is 41.2 Å². The number of carbonyl (C=O) groups is 2. The summed E-state index contributed by atoms with van der Waals surface area (Å²) in [5.74, 6) is -0.488. The van der Waals surface area contributed by atoms with E-state index in [0.29, 0.717) is 11.1 Å². The molecule has 0 saturated carbocycles. The van der Waals surface area contributed by atoms with Crippen molar-refractivity contribution in [1.82, 2.24) is 18.8 Å². The summed E-state index contributed by atoms with van der Waals surface area (Å²) in [5.41, 5.74) is 5.56. The van der Waals surface area contributed by atoms with Crippen LogP contribution in [0.2, 0.25) is 0 Å². The molecule has 2 aromatic heterocycles. The molecule has 0 aliphatic carbocycles. The first-order valence-electron chi connectivity index (χ1n) is 10.7. The van der Waals surface area contributed by atoms with Crippen molar-refractivity contribution < 1.29 is 9.59 Å². The standard InChI is InChI=1S/C23H17IN4O2S.C2H6.CH4/c1-13-11-15(20-19-9-10-27(31-24)21(19)26-12-25-20)7-8-16(13)14(2)28-22(29)17-5-3-4-6-18(17)23(28)30;1-2;/h3-12,14H,1-2H3;1-2H3;1H4. The molecule has 0 bridgehead atoms. The number of aryl methyl sites for hydroxylation is 1. The number of imide groups is 1. The fourth-order valence-electron chi connectivity index (χ4n) is 4.20. The van der Waals surface area contributed by atoms with Gasteiger partial charge in [-0.3, -0.25) is 18.5 Å². The Morgan fingerprint density at radius 3 is 2.21 bits per heavy atom. The summed E-state index contributed by atoms with van der Waals surface area (Å²) in [7, 11) is 1.55. The van der Waals surface area contributed by atoms with E-state index in [1.165, 1.54) is 4.90 Å². The van der Waals surface area contributed by atoms with E-state index >= 15 is 0 Å². The molecule has 1 aliphatic heterocycles. The molecule has 8 heteroatoms. The minimum absolute atomic E-state index is 0. The summed E-state index contributed by atoms with van der Waals surface area (Å²) in [6.45, 7) is 7.89. The van der Waals surface area contributed by atoms with Crippen molar-refractivity contribution in [3.05, 3.63) is 83.3 Å². The molecule has 0 saturated heterocycles. The lowest BCUT2D eigenvalue weighted by Crippen LogP contribution is -2.32. The van der Waals surface area contributed by atoms with Gasteiger partial charge in [0.05, 0.1) is 22.9 Å². The summed E-state index contributed by atoms with van der Waals surface area (Å²) in [5, 5.41) is 0.979. The van der Waals surface area contributed by atoms with E-state index in [1.807, 2.05) is 56.1 Å². The van der Waals surface area contributed by atoms with Crippen LogP contribution >= 0.6 is 30.3 Å². The fourth-order valence-corrected chi connectivity index (χ4v) is 5.48. The molecule has 176 valence electrons. The molecule has 1 aliphatic rings. The van der Waals surface area contributed by atoms with Gasteiger partial charge < -0.3 is 0 Å². The Balaban J connectivity index is 0.00000105. The van der Waals surface area contributed by atoms with Gasteiger partial charge in [0.1, 0.15) is 6.33 Å². The van der Waals surface area contributed by atoms with Crippen LogP contribution in [0.25, 0.3) is 22.3 Å². The molecule has 4 aromatic rings. The highest BCUT2D eigenvalue weighted by Gasteiger charge is 2.38. The van der Waals surface area contributed by atoms with Gasteiger partial charge in [0.2, 0.25) is 0 Å². The number of hydrogen-bond acceptors (Lipinski definition) is 5. The van der Waals surface area contributed by atoms with E-state index in [1.54, 1.807) is 39.7 Å². The molecule has 2 amide bonds. The molecule has 1 atom stereocenters. The molecule has 0 N–H and O–H groups in total. The zero-order valence-corrected chi connectivity index (χ0v) is 21.7. The van der Waals surface area contributed by atoms with E-state index < -0.39 is 0 Å². The summed E-state index contributed by atoms with van der Waals surface area (Å²) >= 11 is 2.22. The number of carbonyl (C=O) groups excluding carboxylic acids is 2. The second-order valence-electron chi connectivity index (χ2n) is 7.44. The second kappa shape index (κ2) is 10.7. The molecule has 0 radical (unpaired) electrons. The summed E-state index contributed by atoms with van der Waals surface area (Å²) in [4.78, 5) is 36.0. The first kappa shape index (κ1) is 25.9. The SMILES string of the molecule is C.CC.Cc1cc(-c2ncnc3c2ccn3SI)ccc1C(C)N1C(=O)c2ccccc2C1=O. The maximum Gasteiger partial charge on any atom is 0.262 e. The smallest absolute Gasteiger partial charge is 0.262 e. The maximum absolute atomic E-state index is 12.9. The highest BCUT2D eigenvalue weighted by Crippen LogP contribution is 2.35. The third-order valence-corrected chi connectivity index (χ3v) is 7.45. The van der Waals surface area contributed by atoms with Crippen LogP contribution in [0.15, 0.2) is 61.1 Å². The highest BCUT2D eigenvalue weighted by molar-refractivity contribution is 14.2. The van der Waals surface area contributed by atoms with Crippen molar-refractivity contribution in [1.29, 1.82) is 0 Å². The largest absolute Gasteiger partial charge is 0.269 e. The Bertz CT molecular complexity index is 1330. The Hall–Kier alpha value is -2.72. The maximum atomic E-state index is 12.9. The number of benzene rings is 2. The molecule has 0 fully saturated rings. The second-order valence-corrected chi connectivity index (χ2v) is 9.16. The highest BCUT2D eigenvalue weighted by atomic mass is 127. The Labute approximate surface area is 216 Å². The van der Waals surface area contributed by atoms with Crippen LogP contribution in [0.4, 0.5) is 0 Å². The van der Waals surface area contributed by atoms with Crippen molar-refractivity contribution >= 4 is 53.2 Å². The summed E-state index contributed by atoms with van der Waals surface area (Å²) in [6.07, 6.45) is 3.55. The van der Waals surface area contributed by atoms with Gasteiger partial charge in [-0.25, -0.2) is 9.97 Å². The minimum Gasteiger partial charge on any atom is -0.269 e. The quantitative estimate of drug-likeness (QED) is 0.186. The van der Waals surface area contributed by atoms with Gasteiger partial charge in [0, 0.05) is 47.5 Å². The zero-order chi connectivity index (χ0) is 23.7. The van der Waals surface area contributed by atoms with E-state index in [0.717, 1.165) is 33.4 Å². The van der Waals surface area contributed by atoms with Gasteiger partial charge in [-0.1, -0.05) is 45.5 Å². The first-order chi connectivity index (χ1) is 16.0. The monoisotopic (exact) mass is 586 g/mol. The topological polar surface area (TPSA) is 68.1 Å².